The lowest BCUT2D eigenvalue weighted by atomic mass is 10.1. The molecule has 3 aromatic rings. The van der Waals surface area contributed by atoms with Crippen LogP contribution in [-0.4, -0.2) is 21.4 Å². The topological polar surface area (TPSA) is 67.2 Å². The van der Waals surface area contributed by atoms with Crippen molar-refractivity contribution in [1.82, 2.24) is 15.0 Å². The molecule has 1 saturated heterocycles. The summed E-state index contributed by atoms with van der Waals surface area (Å²) >= 11 is 0. The van der Waals surface area contributed by atoms with Gasteiger partial charge in [-0.05, 0) is 55.8 Å². The van der Waals surface area contributed by atoms with Crippen LogP contribution in [0.4, 0.5) is 5.69 Å². The van der Waals surface area contributed by atoms with Gasteiger partial charge in [-0.15, -0.1) is 0 Å². The van der Waals surface area contributed by atoms with E-state index in [4.69, 9.17) is 0 Å². The summed E-state index contributed by atoms with van der Waals surface area (Å²) in [6, 6.07) is 16.7. The number of carbonyl (C=O) groups excluding carboxylic acids is 2. The number of rotatable bonds is 3. The maximum Gasteiger partial charge on any atom is 0.282 e. The molecule has 1 N–H and O–H groups in total. The van der Waals surface area contributed by atoms with Crippen molar-refractivity contribution in [3.05, 3.63) is 83.3 Å². The van der Waals surface area contributed by atoms with Gasteiger partial charge in [-0.2, -0.15) is 0 Å². The Morgan fingerprint density at radius 2 is 1.74 bits per heavy atom. The highest BCUT2D eigenvalue weighted by Crippen LogP contribution is 2.25. The summed E-state index contributed by atoms with van der Waals surface area (Å²) < 4.78 is 2.00. The largest absolute Gasteiger partial charge is 0.303 e. The highest BCUT2D eigenvalue weighted by Gasteiger charge is 2.34. The zero-order valence-corrected chi connectivity index (χ0v) is 15.0. The van der Waals surface area contributed by atoms with E-state index < -0.39 is 5.91 Å². The molecule has 1 aliphatic rings. The second kappa shape index (κ2) is 6.57. The van der Waals surface area contributed by atoms with Crippen LogP contribution in [-0.2, 0) is 9.59 Å². The Kier molecular flexibility index (Phi) is 4.08. The monoisotopic (exact) mass is 358 g/mol. The fourth-order valence-electron chi connectivity index (χ4n) is 3.24. The van der Waals surface area contributed by atoms with E-state index in [9.17, 15) is 9.59 Å². The number of aromatic nitrogens is 2. The van der Waals surface area contributed by atoms with Crippen LogP contribution in [0, 0.1) is 13.8 Å². The van der Waals surface area contributed by atoms with Crippen LogP contribution >= 0.6 is 0 Å². The third-order valence-corrected chi connectivity index (χ3v) is 4.55. The number of nitrogens with zero attached hydrogens (tertiary/aromatic N) is 3. The number of amides is 2. The molecule has 0 radical (unpaired) electrons. The molecule has 2 aromatic heterocycles. The molecule has 0 bridgehead atoms. The minimum absolute atomic E-state index is 0.111. The van der Waals surface area contributed by atoms with Crippen LogP contribution in [0.1, 0.15) is 17.0 Å². The maximum absolute atomic E-state index is 12.7. The summed E-state index contributed by atoms with van der Waals surface area (Å²) in [5.41, 5.74) is 6.06. The lowest BCUT2D eigenvalue weighted by Crippen LogP contribution is -2.35. The number of anilines is 1. The van der Waals surface area contributed by atoms with E-state index in [-0.39, 0.29) is 11.5 Å². The molecule has 3 heterocycles. The Morgan fingerprint density at radius 1 is 1.00 bits per heavy atom. The second-order valence-electron chi connectivity index (χ2n) is 6.32. The van der Waals surface area contributed by atoms with Crippen LogP contribution in [0.3, 0.4) is 0 Å². The molecule has 0 saturated carbocycles. The summed E-state index contributed by atoms with van der Waals surface area (Å²) in [4.78, 5) is 29.5. The number of nitrogens with one attached hydrogen (secondary N) is 1. The summed E-state index contributed by atoms with van der Waals surface area (Å²) in [7, 11) is 0. The van der Waals surface area contributed by atoms with Gasteiger partial charge in [0.25, 0.3) is 11.8 Å². The predicted octanol–water partition coefficient (Wildman–Crippen LogP) is 2.95. The molecule has 27 heavy (non-hydrogen) atoms. The van der Waals surface area contributed by atoms with E-state index in [1.54, 1.807) is 24.4 Å². The third kappa shape index (κ3) is 2.91. The average molecular weight is 358 g/mol. The van der Waals surface area contributed by atoms with Crippen molar-refractivity contribution >= 4 is 23.6 Å². The fraction of sp³-hybridized carbons (Fsp3) is 0.0952. The van der Waals surface area contributed by atoms with Crippen LogP contribution in [0.5, 0.6) is 0 Å². The van der Waals surface area contributed by atoms with Crippen molar-refractivity contribution < 1.29 is 9.59 Å². The van der Waals surface area contributed by atoms with E-state index in [2.05, 4.69) is 10.4 Å². The minimum Gasteiger partial charge on any atom is -0.303 e. The van der Waals surface area contributed by atoms with Crippen molar-refractivity contribution in [3.8, 4) is 5.82 Å². The summed E-state index contributed by atoms with van der Waals surface area (Å²) in [6.07, 6.45) is 3.38. The molecule has 0 unspecified atom stereocenters. The normalized spacial score (nSPS) is 15.5. The first-order valence-electron chi connectivity index (χ1n) is 8.59. The Balaban J connectivity index is 1.72. The SMILES string of the molecule is Cc1cc(/C=C2/C(=O)NN(c3ccccc3)C2=O)c(C)n1-c1ccccn1. The van der Waals surface area contributed by atoms with Crippen LogP contribution < -0.4 is 10.4 Å². The van der Waals surface area contributed by atoms with Gasteiger partial charge in [0.2, 0.25) is 0 Å². The van der Waals surface area contributed by atoms with E-state index >= 15 is 0 Å². The number of carbonyl (C=O) groups is 2. The van der Waals surface area contributed by atoms with Crippen molar-refractivity contribution in [2.45, 2.75) is 13.8 Å². The molecular formula is C21H18N4O2. The number of hydrogen-bond donors (Lipinski definition) is 1. The number of hydrogen-bond acceptors (Lipinski definition) is 3. The number of aryl methyl sites for hydroxylation is 1. The Labute approximate surface area is 156 Å². The number of benzene rings is 1. The molecule has 4 rings (SSSR count). The van der Waals surface area contributed by atoms with Crippen molar-refractivity contribution in [2.75, 3.05) is 5.01 Å². The van der Waals surface area contributed by atoms with Crippen LogP contribution in [0.25, 0.3) is 11.9 Å². The minimum atomic E-state index is -0.411. The van der Waals surface area contributed by atoms with Crippen molar-refractivity contribution in [2.24, 2.45) is 0 Å². The van der Waals surface area contributed by atoms with Crippen molar-refractivity contribution in [3.63, 3.8) is 0 Å². The number of hydrazine groups is 1. The van der Waals surface area contributed by atoms with Crippen LogP contribution in [0.2, 0.25) is 0 Å². The maximum atomic E-state index is 12.7. The molecular weight excluding hydrogens is 340 g/mol. The van der Waals surface area contributed by atoms with E-state index in [1.807, 2.05) is 60.9 Å². The standard InChI is InChI=1S/C21H18N4O2/c1-14-12-16(15(2)24(14)19-10-6-7-11-22-19)13-18-20(26)23-25(21(18)27)17-8-4-3-5-9-17/h3-13H,1-2H3,(H,23,26)/b18-13-. The van der Waals surface area contributed by atoms with E-state index in [0.29, 0.717) is 5.69 Å². The molecule has 2 amide bonds. The molecule has 1 aromatic carbocycles. The summed E-state index contributed by atoms with van der Waals surface area (Å²) in [5, 5.41) is 1.27. The Hall–Kier alpha value is -3.67. The lowest BCUT2D eigenvalue weighted by molar-refractivity contribution is -0.117. The van der Waals surface area contributed by atoms with Crippen LogP contribution in [0.15, 0.2) is 66.4 Å². The second-order valence-corrected chi connectivity index (χ2v) is 6.32. The highest BCUT2D eigenvalue weighted by molar-refractivity contribution is 6.31. The molecule has 6 heteroatoms. The molecule has 1 aliphatic heterocycles. The molecule has 6 nitrogen and oxygen atoms in total. The quantitative estimate of drug-likeness (QED) is 0.578. The summed E-state index contributed by atoms with van der Waals surface area (Å²) in [6.45, 7) is 3.91. The summed E-state index contributed by atoms with van der Waals surface area (Å²) in [5.74, 6) is 0.0191. The molecule has 1 fully saturated rings. The zero-order valence-electron chi connectivity index (χ0n) is 15.0. The van der Waals surface area contributed by atoms with Gasteiger partial charge in [0, 0.05) is 17.6 Å². The van der Waals surface area contributed by atoms with Gasteiger partial charge in [0.15, 0.2) is 0 Å². The van der Waals surface area contributed by atoms with Gasteiger partial charge in [0.1, 0.15) is 11.4 Å². The Morgan fingerprint density at radius 3 is 2.44 bits per heavy atom. The van der Waals surface area contributed by atoms with Gasteiger partial charge in [-0.25, -0.2) is 9.99 Å². The smallest absolute Gasteiger partial charge is 0.282 e. The average Bonchev–Trinajstić information content (AvgIpc) is 3.13. The zero-order chi connectivity index (χ0) is 19.0. The molecule has 134 valence electrons. The van der Waals surface area contributed by atoms with E-state index in [1.165, 1.54) is 5.01 Å². The van der Waals surface area contributed by atoms with E-state index in [0.717, 1.165) is 22.8 Å². The number of para-hydroxylation sites is 1. The third-order valence-electron chi connectivity index (χ3n) is 4.55. The fourth-order valence-corrected chi connectivity index (χ4v) is 3.24. The first-order valence-corrected chi connectivity index (χ1v) is 8.59. The first kappa shape index (κ1) is 16.8. The highest BCUT2D eigenvalue weighted by atomic mass is 16.2. The number of pyridine rings is 1. The molecule has 0 spiro atoms. The van der Waals surface area contributed by atoms with Gasteiger partial charge in [0.05, 0.1) is 5.69 Å². The molecule has 0 aliphatic carbocycles. The lowest BCUT2D eigenvalue weighted by Gasteiger charge is -2.13. The first-order chi connectivity index (χ1) is 13.1. The van der Waals surface area contributed by atoms with Gasteiger partial charge < -0.3 is 4.57 Å². The van der Waals surface area contributed by atoms with Gasteiger partial charge in [-0.1, -0.05) is 24.3 Å². The predicted molar refractivity (Wildman–Crippen MR) is 103 cm³/mol. The van der Waals surface area contributed by atoms with Gasteiger partial charge in [-0.3, -0.25) is 15.0 Å². The molecule has 0 atom stereocenters. The van der Waals surface area contributed by atoms with Gasteiger partial charge >= 0.3 is 0 Å². The van der Waals surface area contributed by atoms with Crippen molar-refractivity contribution in [1.29, 1.82) is 0 Å². The Bertz CT molecular complexity index is 1050.